The number of nitrogens with one attached hydrogen (secondary N) is 2. The van der Waals surface area contributed by atoms with E-state index in [1.807, 2.05) is 19.2 Å². The van der Waals surface area contributed by atoms with Gasteiger partial charge in [0.15, 0.2) is 0 Å². The van der Waals surface area contributed by atoms with Crippen molar-refractivity contribution in [3.63, 3.8) is 0 Å². The molecule has 1 aliphatic heterocycles. The number of anilines is 1. The van der Waals surface area contributed by atoms with Crippen LogP contribution in [0.4, 0.5) is 5.69 Å². The molecule has 1 fully saturated rings. The van der Waals surface area contributed by atoms with Crippen molar-refractivity contribution in [2.24, 2.45) is 0 Å². The Morgan fingerprint density at radius 3 is 2.50 bits per heavy atom. The van der Waals surface area contributed by atoms with Gasteiger partial charge in [-0.2, -0.15) is 0 Å². The van der Waals surface area contributed by atoms with Gasteiger partial charge in [-0.15, -0.1) is 0 Å². The van der Waals surface area contributed by atoms with Crippen molar-refractivity contribution < 1.29 is 4.79 Å². The van der Waals surface area contributed by atoms with Crippen molar-refractivity contribution >= 4 is 11.6 Å². The summed E-state index contributed by atoms with van der Waals surface area (Å²) in [5, 5.41) is 6.31. The highest BCUT2D eigenvalue weighted by Gasteiger charge is 2.29. The summed E-state index contributed by atoms with van der Waals surface area (Å²) in [4.78, 5) is 18.7. The van der Waals surface area contributed by atoms with Crippen molar-refractivity contribution in [3.8, 4) is 0 Å². The number of nitrogens with zero attached hydrogens (tertiary/aromatic N) is 2. The first kappa shape index (κ1) is 16.6. The van der Waals surface area contributed by atoms with E-state index in [1.54, 1.807) is 24.5 Å². The molecule has 1 aromatic heterocycles. The van der Waals surface area contributed by atoms with Crippen LogP contribution >= 0.6 is 0 Å². The minimum Gasteiger partial charge on any atom is -0.322 e. The van der Waals surface area contributed by atoms with Crippen LogP contribution in [0.2, 0.25) is 0 Å². The second-order valence-electron chi connectivity index (χ2n) is 6.27. The molecule has 0 radical (unpaired) electrons. The summed E-state index contributed by atoms with van der Waals surface area (Å²) >= 11 is 0. The zero-order valence-corrected chi connectivity index (χ0v) is 14.2. The predicted octanol–water partition coefficient (Wildman–Crippen LogP) is 2.69. The van der Waals surface area contributed by atoms with Gasteiger partial charge in [-0.05, 0) is 63.3 Å². The number of aromatic nitrogens is 1. The summed E-state index contributed by atoms with van der Waals surface area (Å²) < 4.78 is 0. The Labute approximate surface area is 143 Å². The van der Waals surface area contributed by atoms with Gasteiger partial charge >= 0.3 is 0 Å². The van der Waals surface area contributed by atoms with E-state index in [1.165, 1.54) is 18.4 Å². The number of carbonyl (C=O) groups is 1. The SMILES string of the molecule is CNC(c1ccc(C(=O)Nc2ccncc2)cc1)[C@@H]1CCCN1C. The highest BCUT2D eigenvalue weighted by Crippen LogP contribution is 2.28. The van der Waals surface area contributed by atoms with Gasteiger partial charge in [0.1, 0.15) is 0 Å². The number of benzene rings is 1. The number of likely N-dealkylation sites (N-methyl/N-ethyl adjacent to an activating group) is 2. The lowest BCUT2D eigenvalue weighted by atomic mass is 9.96. The summed E-state index contributed by atoms with van der Waals surface area (Å²) in [6, 6.07) is 12.2. The van der Waals surface area contributed by atoms with Gasteiger partial charge in [-0.3, -0.25) is 9.78 Å². The molecular weight excluding hydrogens is 300 g/mol. The third kappa shape index (κ3) is 3.63. The summed E-state index contributed by atoms with van der Waals surface area (Å²) in [6.07, 6.45) is 5.76. The van der Waals surface area contributed by atoms with Crippen molar-refractivity contribution in [3.05, 3.63) is 59.9 Å². The lowest BCUT2D eigenvalue weighted by Crippen LogP contribution is -2.37. The molecule has 0 spiro atoms. The lowest BCUT2D eigenvalue weighted by Gasteiger charge is -2.29. The normalized spacial score (nSPS) is 19.2. The molecule has 0 bridgehead atoms. The highest BCUT2D eigenvalue weighted by atomic mass is 16.1. The summed E-state index contributed by atoms with van der Waals surface area (Å²) in [7, 11) is 4.18. The Hall–Kier alpha value is -2.24. The molecule has 1 unspecified atom stereocenters. The van der Waals surface area contributed by atoms with Crippen LogP contribution in [0.3, 0.4) is 0 Å². The first-order chi connectivity index (χ1) is 11.7. The maximum Gasteiger partial charge on any atom is 0.255 e. The zero-order chi connectivity index (χ0) is 16.9. The molecule has 1 amide bonds. The van der Waals surface area contributed by atoms with Gasteiger partial charge in [0, 0.05) is 35.7 Å². The minimum absolute atomic E-state index is 0.105. The van der Waals surface area contributed by atoms with Crippen LogP contribution in [0, 0.1) is 0 Å². The number of pyridine rings is 1. The van der Waals surface area contributed by atoms with E-state index in [4.69, 9.17) is 0 Å². The van der Waals surface area contributed by atoms with E-state index in [2.05, 4.69) is 39.7 Å². The lowest BCUT2D eigenvalue weighted by molar-refractivity contribution is 0.102. The van der Waals surface area contributed by atoms with E-state index < -0.39 is 0 Å². The smallest absolute Gasteiger partial charge is 0.255 e. The minimum atomic E-state index is -0.105. The van der Waals surface area contributed by atoms with E-state index in [9.17, 15) is 4.79 Å². The van der Waals surface area contributed by atoms with E-state index in [0.717, 1.165) is 12.2 Å². The maximum absolute atomic E-state index is 12.3. The average Bonchev–Trinajstić information content (AvgIpc) is 3.03. The van der Waals surface area contributed by atoms with Gasteiger partial charge in [0.25, 0.3) is 5.91 Å². The Bertz CT molecular complexity index is 672. The second-order valence-corrected chi connectivity index (χ2v) is 6.27. The van der Waals surface area contributed by atoms with Crippen molar-refractivity contribution in [1.82, 2.24) is 15.2 Å². The quantitative estimate of drug-likeness (QED) is 0.888. The van der Waals surface area contributed by atoms with Gasteiger partial charge in [0.05, 0.1) is 0 Å². The molecule has 5 heteroatoms. The monoisotopic (exact) mass is 324 g/mol. The molecular formula is C19H24N4O. The van der Waals surface area contributed by atoms with Crippen molar-refractivity contribution in [1.29, 1.82) is 0 Å². The van der Waals surface area contributed by atoms with Gasteiger partial charge < -0.3 is 15.5 Å². The number of carbonyl (C=O) groups excluding carboxylic acids is 1. The van der Waals surface area contributed by atoms with Crippen molar-refractivity contribution in [2.75, 3.05) is 26.0 Å². The van der Waals surface area contributed by atoms with Gasteiger partial charge in [-0.25, -0.2) is 0 Å². The third-order valence-electron chi connectivity index (χ3n) is 4.74. The predicted molar refractivity (Wildman–Crippen MR) is 96.1 cm³/mol. The Balaban J connectivity index is 1.71. The Kier molecular flexibility index (Phi) is 5.23. The topological polar surface area (TPSA) is 57.3 Å². The van der Waals surface area contributed by atoms with Gasteiger partial charge in [0.2, 0.25) is 0 Å². The fourth-order valence-electron chi connectivity index (χ4n) is 3.42. The number of likely N-dealkylation sites (tertiary alicyclic amines) is 1. The molecule has 24 heavy (non-hydrogen) atoms. The van der Waals surface area contributed by atoms with Crippen molar-refractivity contribution in [2.45, 2.75) is 24.9 Å². The van der Waals surface area contributed by atoms with E-state index in [-0.39, 0.29) is 11.9 Å². The molecule has 5 nitrogen and oxygen atoms in total. The van der Waals surface area contributed by atoms with Crippen LogP contribution in [0.5, 0.6) is 0 Å². The Morgan fingerprint density at radius 2 is 1.92 bits per heavy atom. The van der Waals surface area contributed by atoms with Crippen LogP contribution in [0.1, 0.15) is 34.8 Å². The number of hydrogen-bond donors (Lipinski definition) is 2. The molecule has 2 N–H and O–H groups in total. The van der Waals surface area contributed by atoms with Crippen LogP contribution in [-0.4, -0.2) is 42.5 Å². The van der Waals surface area contributed by atoms with Gasteiger partial charge in [-0.1, -0.05) is 12.1 Å². The molecule has 0 saturated carbocycles. The number of amides is 1. The molecule has 1 aliphatic rings. The third-order valence-corrected chi connectivity index (χ3v) is 4.74. The fraction of sp³-hybridized carbons (Fsp3) is 0.368. The van der Waals surface area contributed by atoms with E-state index in [0.29, 0.717) is 11.6 Å². The molecule has 2 heterocycles. The molecule has 1 saturated heterocycles. The van der Waals surface area contributed by atoms with Crippen LogP contribution < -0.4 is 10.6 Å². The summed E-state index contributed by atoms with van der Waals surface area (Å²) in [6.45, 7) is 1.15. The first-order valence-corrected chi connectivity index (χ1v) is 8.38. The number of rotatable bonds is 5. The number of hydrogen-bond acceptors (Lipinski definition) is 4. The molecule has 126 valence electrons. The fourth-order valence-corrected chi connectivity index (χ4v) is 3.42. The average molecular weight is 324 g/mol. The first-order valence-electron chi connectivity index (χ1n) is 8.38. The Morgan fingerprint density at radius 1 is 1.21 bits per heavy atom. The zero-order valence-electron chi connectivity index (χ0n) is 14.2. The summed E-state index contributed by atoms with van der Waals surface area (Å²) in [5.41, 5.74) is 2.63. The molecule has 1 aromatic carbocycles. The van der Waals surface area contributed by atoms with Crippen LogP contribution in [0.15, 0.2) is 48.8 Å². The highest BCUT2D eigenvalue weighted by molar-refractivity contribution is 6.04. The maximum atomic E-state index is 12.3. The molecule has 2 aromatic rings. The second kappa shape index (κ2) is 7.55. The van der Waals surface area contributed by atoms with E-state index >= 15 is 0 Å². The molecule has 2 atom stereocenters. The standard InChI is InChI=1S/C19H24N4O/c1-20-18(17-4-3-13-23(17)2)14-5-7-15(8-6-14)19(24)22-16-9-11-21-12-10-16/h5-12,17-18,20H,3-4,13H2,1-2H3,(H,21,22,24)/t17-,18?/m0/s1. The molecule has 0 aliphatic carbocycles. The van der Waals surface area contributed by atoms with Crippen LogP contribution in [-0.2, 0) is 0 Å². The van der Waals surface area contributed by atoms with Crippen LogP contribution in [0.25, 0.3) is 0 Å². The molecule has 3 rings (SSSR count). The largest absolute Gasteiger partial charge is 0.322 e. The summed E-state index contributed by atoms with van der Waals surface area (Å²) in [5.74, 6) is -0.105.